The molecule has 1 aromatic heterocycles. The van der Waals surface area contributed by atoms with E-state index in [9.17, 15) is 5.26 Å². The van der Waals surface area contributed by atoms with Gasteiger partial charge in [0.25, 0.3) is 0 Å². The third-order valence-corrected chi connectivity index (χ3v) is 4.16. The molecule has 0 radical (unpaired) electrons. The van der Waals surface area contributed by atoms with Crippen molar-refractivity contribution in [2.75, 3.05) is 11.6 Å². The molecule has 0 saturated carbocycles. The van der Waals surface area contributed by atoms with Gasteiger partial charge in [0.2, 0.25) is 0 Å². The Morgan fingerprint density at radius 1 is 1.17 bits per heavy atom. The van der Waals surface area contributed by atoms with Crippen molar-refractivity contribution in [2.45, 2.75) is 4.90 Å². The van der Waals surface area contributed by atoms with Crippen molar-refractivity contribution in [1.29, 1.82) is 5.26 Å². The van der Waals surface area contributed by atoms with E-state index in [4.69, 9.17) is 4.52 Å². The molecule has 5 heteroatoms. The molecule has 0 aliphatic heterocycles. The molecule has 4 nitrogen and oxygen atoms in total. The van der Waals surface area contributed by atoms with Gasteiger partial charge in [-0.25, -0.2) is 0 Å². The molecule has 1 N–H and O–H groups in total. The van der Waals surface area contributed by atoms with Crippen LogP contribution in [0.2, 0.25) is 0 Å². The van der Waals surface area contributed by atoms with Crippen LogP contribution >= 0.6 is 11.8 Å². The number of rotatable bonds is 5. The maximum Gasteiger partial charge on any atom is 0.179 e. The quantitative estimate of drug-likeness (QED) is 0.664. The first-order valence-corrected chi connectivity index (χ1v) is 8.56. The van der Waals surface area contributed by atoms with E-state index in [0.29, 0.717) is 17.0 Å². The number of aromatic nitrogens is 1. The van der Waals surface area contributed by atoms with Crippen LogP contribution in [0.25, 0.3) is 17.3 Å². The summed E-state index contributed by atoms with van der Waals surface area (Å²) in [5.41, 5.74) is 2.82. The lowest BCUT2D eigenvalue weighted by atomic mass is 10.1. The predicted molar refractivity (Wildman–Crippen MR) is 97.5 cm³/mol. The zero-order chi connectivity index (χ0) is 16.8. The predicted octanol–water partition coefficient (Wildman–Crippen LogP) is 5.02. The van der Waals surface area contributed by atoms with Crippen molar-refractivity contribution in [1.82, 2.24) is 5.16 Å². The SMILES string of the molecule is CSc1cccc(N/C=C/c2onc(-c3ccccc3)c2C#N)c1. The number of nitrogens with zero attached hydrogens (tertiary/aromatic N) is 2. The Kier molecular flexibility index (Phi) is 4.99. The minimum atomic E-state index is 0.428. The van der Waals surface area contributed by atoms with Crippen molar-refractivity contribution in [3.8, 4) is 17.3 Å². The zero-order valence-electron chi connectivity index (χ0n) is 13.1. The lowest BCUT2D eigenvalue weighted by molar-refractivity contribution is 0.415. The van der Waals surface area contributed by atoms with Gasteiger partial charge in [-0.1, -0.05) is 41.6 Å². The second kappa shape index (κ2) is 7.53. The number of anilines is 1. The second-order valence-electron chi connectivity index (χ2n) is 4.96. The van der Waals surface area contributed by atoms with Gasteiger partial charge in [0.15, 0.2) is 5.76 Å². The normalized spacial score (nSPS) is 10.7. The van der Waals surface area contributed by atoms with E-state index >= 15 is 0 Å². The zero-order valence-corrected chi connectivity index (χ0v) is 13.9. The molecule has 3 rings (SSSR count). The fraction of sp³-hybridized carbons (Fsp3) is 0.0526. The molecular weight excluding hydrogens is 318 g/mol. The molecular formula is C19H15N3OS. The van der Waals surface area contributed by atoms with Crippen LogP contribution in [-0.4, -0.2) is 11.4 Å². The summed E-state index contributed by atoms with van der Waals surface area (Å²) in [5.74, 6) is 0.435. The highest BCUT2D eigenvalue weighted by Crippen LogP contribution is 2.25. The molecule has 3 aromatic rings. The highest BCUT2D eigenvalue weighted by Gasteiger charge is 2.15. The largest absolute Gasteiger partial charge is 0.362 e. The Balaban J connectivity index is 1.80. The molecule has 118 valence electrons. The maximum absolute atomic E-state index is 9.43. The third-order valence-electron chi connectivity index (χ3n) is 3.43. The summed E-state index contributed by atoms with van der Waals surface area (Å²) in [6.07, 6.45) is 5.49. The molecule has 0 aliphatic rings. The van der Waals surface area contributed by atoms with Gasteiger partial charge in [0, 0.05) is 28.4 Å². The van der Waals surface area contributed by atoms with Gasteiger partial charge in [-0.15, -0.1) is 11.8 Å². The van der Waals surface area contributed by atoms with Gasteiger partial charge in [0.1, 0.15) is 17.3 Å². The van der Waals surface area contributed by atoms with Crippen molar-refractivity contribution >= 4 is 23.5 Å². The first-order valence-electron chi connectivity index (χ1n) is 7.34. The monoisotopic (exact) mass is 333 g/mol. The number of hydrogen-bond acceptors (Lipinski definition) is 5. The Morgan fingerprint density at radius 2 is 2.00 bits per heavy atom. The van der Waals surface area contributed by atoms with Crippen LogP contribution in [0.4, 0.5) is 5.69 Å². The lowest BCUT2D eigenvalue weighted by Gasteiger charge is -2.02. The average molecular weight is 333 g/mol. The van der Waals surface area contributed by atoms with E-state index in [1.165, 1.54) is 4.90 Å². The van der Waals surface area contributed by atoms with Gasteiger partial charge in [-0.05, 0) is 24.5 Å². The van der Waals surface area contributed by atoms with Gasteiger partial charge in [-0.3, -0.25) is 0 Å². The molecule has 0 saturated heterocycles. The van der Waals surface area contributed by atoms with Crippen LogP contribution in [0, 0.1) is 11.3 Å². The topological polar surface area (TPSA) is 61.9 Å². The van der Waals surface area contributed by atoms with Crippen LogP contribution in [0.15, 0.2) is 70.2 Å². The lowest BCUT2D eigenvalue weighted by Crippen LogP contribution is -1.87. The van der Waals surface area contributed by atoms with E-state index in [1.54, 1.807) is 24.0 Å². The number of nitriles is 1. The summed E-state index contributed by atoms with van der Waals surface area (Å²) in [6.45, 7) is 0. The molecule has 0 bridgehead atoms. The molecule has 0 aliphatic carbocycles. The summed E-state index contributed by atoms with van der Waals surface area (Å²) < 4.78 is 5.32. The molecule has 0 atom stereocenters. The number of thioether (sulfide) groups is 1. The summed E-state index contributed by atoms with van der Waals surface area (Å²) in [4.78, 5) is 1.18. The van der Waals surface area contributed by atoms with Crippen LogP contribution in [0.5, 0.6) is 0 Å². The first kappa shape index (κ1) is 15.9. The summed E-state index contributed by atoms with van der Waals surface area (Å²) in [6, 6.07) is 19.8. The molecule has 0 fully saturated rings. The van der Waals surface area contributed by atoms with Crippen molar-refractivity contribution < 1.29 is 4.52 Å². The fourth-order valence-electron chi connectivity index (χ4n) is 2.24. The summed E-state index contributed by atoms with van der Waals surface area (Å²) >= 11 is 1.68. The minimum absolute atomic E-state index is 0.428. The average Bonchev–Trinajstić information content (AvgIpc) is 3.05. The van der Waals surface area contributed by atoms with Gasteiger partial charge in [0.05, 0.1) is 0 Å². The van der Waals surface area contributed by atoms with E-state index < -0.39 is 0 Å². The molecule has 0 spiro atoms. The Bertz CT molecular complexity index is 894. The van der Waals surface area contributed by atoms with Crippen molar-refractivity contribution in [3.63, 3.8) is 0 Å². The van der Waals surface area contributed by atoms with Crippen LogP contribution in [-0.2, 0) is 0 Å². The second-order valence-corrected chi connectivity index (χ2v) is 5.84. The minimum Gasteiger partial charge on any atom is -0.362 e. The standard InChI is InChI=1S/C19H15N3OS/c1-24-16-9-5-8-15(12-16)21-11-10-18-17(13-20)19(22-23-18)14-6-3-2-4-7-14/h2-12,21H,1H3/b11-10+. The highest BCUT2D eigenvalue weighted by molar-refractivity contribution is 7.98. The van der Waals surface area contributed by atoms with Crippen LogP contribution in [0.1, 0.15) is 11.3 Å². The van der Waals surface area contributed by atoms with Crippen molar-refractivity contribution in [3.05, 3.63) is 72.1 Å². The number of hydrogen-bond donors (Lipinski definition) is 1. The number of benzene rings is 2. The number of nitrogens with one attached hydrogen (secondary N) is 1. The van der Waals surface area contributed by atoms with E-state index in [-0.39, 0.29) is 0 Å². The van der Waals surface area contributed by atoms with Crippen LogP contribution in [0.3, 0.4) is 0 Å². The molecule has 0 amide bonds. The van der Waals surface area contributed by atoms with E-state index in [1.807, 2.05) is 48.7 Å². The molecule has 24 heavy (non-hydrogen) atoms. The third kappa shape index (κ3) is 3.50. The van der Waals surface area contributed by atoms with E-state index in [2.05, 4.69) is 28.7 Å². The van der Waals surface area contributed by atoms with Gasteiger partial charge < -0.3 is 9.84 Å². The van der Waals surface area contributed by atoms with Gasteiger partial charge >= 0.3 is 0 Å². The van der Waals surface area contributed by atoms with Crippen LogP contribution < -0.4 is 5.32 Å². The van der Waals surface area contributed by atoms with E-state index in [0.717, 1.165) is 11.3 Å². The molecule has 1 heterocycles. The Hall–Kier alpha value is -2.97. The molecule has 2 aromatic carbocycles. The fourth-order valence-corrected chi connectivity index (χ4v) is 2.70. The maximum atomic E-state index is 9.43. The smallest absolute Gasteiger partial charge is 0.179 e. The highest BCUT2D eigenvalue weighted by atomic mass is 32.2. The van der Waals surface area contributed by atoms with Gasteiger partial charge in [-0.2, -0.15) is 5.26 Å². The van der Waals surface area contributed by atoms with Crippen molar-refractivity contribution in [2.24, 2.45) is 0 Å². The first-order chi connectivity index (χ1) is 11.8. The summed E-state index contributed by atoms with van der Waals surface area (Å²) in [7, 11) is 0. The Labute approximate surface area is 144 Å². The Morgan fingerprint density at radius 3 is 2.75 bits per heavy atom. The summed E-state index contributed by atoms with van der Waals surface area (Å²) in [5, 5.41) is 16.6. The molecule has 0 unspecified atom stereocenters.